The van der Waals surface area contributed by atoms with Gasteiger partial charge in [-0.25, -0.2) is 4.39 Å². The van der Waals surface area contributed by atoms with Crippen LogP contribution in [0.2, 0.25) is 0 Å². The van der Waals surface area contributed by atoms with Gasteiger partial charge in [-0.15, -0.1) is 0 Å². The molecule has 1 aliphatic rings. The van der Waals surface area contributed by atoms with Crippen LogP contribution in [0.3, 0.4) is 0 Å². The Morgan fingerprint density at radius 1 is 1.16 bits per heavy atom. The molecule has 1 fully saturated rings. The van der Waals surface area contributed by atoms with E-state index in [9.17, 15) is 14.0 Å². The summed E-state index contributed by atoms with van der Waals surface area (Å²) in [7, 11) is 0. The van der Waals surface area contributed by atoms with Crippen LogP contribution in [0.4, 0.5) is 4.39 Å². The first kappa shape index (κ1) is 17.0. The van der Waals surface area contributed by atoms with E-state index < -0.39 is 5.97 Å². The maximum Gasteiger partial charge on any atom is 0.306 e. The van der Waals surface area contributed by atoms with Crippen molar-refractivity contribution in [1.29, 1.82) is 0 Å². The van der Waals surface area contributed by atoms with Gasteiger partial charge in [0.2, 0.25) is 0 Å². The molecule has 0 atom stereocenters. The van der Waals surface area contributed by atoms with Gasteiger partial charge in [0.25, 0.3) is 5.91 Å². The van der Waals surface area contributed by atoms with E-state index in [1.165, 1.54) is 24.3 Å². The first-order valence-corrected chi connectivity index (χ1v) is 8.02. The number of likely N-dealkylation sites (tertiary alicyclic amines) is 1. The zero-order valence-corrected chi connectivity index (χ0v) is 13.5. The fraction of sp³-hybridized carbons (Fsp3) is 0.333. The van der Waals surface area contributed by atoms with Crippen molar-refractivity contribution in [3.63, 3.8) is 0 Å². The number of halogens is 1. The van der Waals surface area contributed by atoms with E-state index in [1.54, 1.807) is 17.0 Å². The highest BCUT2D eigenvalue weighted by Crippen LogP contribution is 2.21. The normalized spacial score (nSPS) is 15.2. The Labute approximate surface area is 143 Å². The van der Waals surface area contributed by atoms with Crippen LogP contribution in [-0.4, -0.2) is 35.0 Å². The Morgan fingerprint density at radius 3 is 2.48 bits per heavy atom. The number of carboxylic acid groups (broad SMARTS) is 1. The van der Waals surface area contributed by atoms with E-state index >= 15 is 0 Å². The van der Waals surface area contributed by atoms with Crippen molar-refractivity contribution in [2.75, 3.05) is 13.1 Å². The Hall–Kier alpha value is -2.83. The van der Waals surface area contributed by atoms with Gasteiger partial charge in [-0.1, -0.05) is 0 Å². The number of furan rings is 1. The van der Waals surface area contributed by atoms with E-state index in [4.69, 9.17) is 14.3 Å². The SMILES string of the molecule is O=C(O)C1CCN(C(=O)c2ccc(COc3ccc(F)cc3)o2)CC1. The minimum absolute atomic E-state index is 0.125. The van der Waals surface area contributed by atoms with Gasteiger partial charge >= 0.3 is 5.97 Å². The van der Waals surface area contributed by atoms with Crippen LogP contribution in [0.5, 0.6) is 5.75 Å². The lowest BCUT2D eigenvalue weighted by molar-refractivity contribution is -0.143. The Bertz CT molecular complexity index is 747. The molecule has 1 amide bonds. The van der Waals surface area contributed by atoms with E-state index in [0.29, 0.717) is 37.4 Å². The van der Waals surface area contributed by atoms with Gasteiger partial charge in [0.05, 0.1) is 5.92 Å². The quantitative estimate of drug-likeness (QED) is 0.899. The number of carbonyl (C=O) groups is 2. The summed E-state index contributed by atoms with van der Waals surface area (Å²) < 4.78 is 23.8. The number of aliphatic carboxylic acids is 1. The number of carbonyl (C=O) groups excluding carboxylic acids is 1. The molecule has 25 heavy (non-hydrogen) atoms. The van der Waals surface area contributed by atoms with Crippen molar-refractivity contribution >= 4 is 11.9 Å². The smallest absolute Gasteiger partial charge is 0.306 e. The predicted molar refractivity (Wildman–Crippen MR) is 85.7 cm³/mol. The molecular weight excluding hydrogens is 329 g/mol. The molecule has 0 radical (unpaired) electrons. The van der Waals surface area contributed by atoms with Crippen LogP contribution in [0.1, 0.15) is 29.2 Å². The van der Waals surface area contributed by atoms with Gasteiger partial charge in [0.1, 0.15) is 23.9 Å². The van der Waals surface area contributed by atoms with Gasteiger partial charge in [-0.3, -0.25) is 9.59 Å². The summed E-state index contributed by atoms with van der Waals surface area (Å²) in [5.74, 6) is -0.617. The highest BCUT2D eigenvalue weighted by molar-refractivity contribution is 5.91. The largest absolute Gasteiger partial charge is 0.486 e. The Kier molecular flexibility index (Phi) is 5.02. The zero-order valence-electron chi connectivity index (χ0n) is 13.5. The van der Waals surface area contributed by atoms with E-state index in [1.807, 2.05) is 0 Å². The van der Waals surface area contributed by atoms with Crippen molar-refractivity contribution in [3.05, 3.63) is 53.7 Å². The average Bonchev–Trinajstić information content (AvgIpc) is 3.10. The molecule has 1 aliphatic heterocycles. The molecule has 2 aromatic rings. The van der Waals surface area contributed by atoms with Crippen LogP contribution in [0.25, 0.3) is 0 Å². The van der Waals surface area contributed by atoms with Gasteiger partial charge in [0, 0.05) is 13.1 Å². The molecule has 1 aromatic carbocycles. The molecule has 132 valence electrons. The fourth-order valence-electron chi connectivity index (χ4n) is 2.74. The van der Waals surface area contributed by atoms with Crippen LogP contribution in [-0.2, 0) is 11.4 Å². The second-order valence-corrected chi connectivity index (χ2v) is 5.91. The summed E-state index contributed by atoms with van der Waals surface area (Å²) in [6.07, 6.45) is 0.893. The van der Waals surface area contributed by atoms with Crippen molar-refractivity contribution in [2.45, 2.75) is 19.4 Å². The molecule has 0 bridgehead atoms. The summed E-state index contributed by atoms with van der Waals surface area (Å²) >= 11 is 0. The van der Waals surface area contributed by atoms with Gasteiger partial charge in [-0.05, 0) is 49.2 Å². The summed E-state index contributed by atoms with van der Waals surface area (Å²) in [4.78, 5) is 25.0. The second kappa shape index (κ2) is 7.38. The summed E-state index contributed by atoms with van der Waals surface area (Å²) in [5.41, 5.74) is 0. The lowest BCUT2D eigenvalue weighted by Gasteiger charge is -2.29. The first-order chi connectivity index (χ1) is 12.0. The lowest BCUT2D eigenvalue weighted by Crippen LogP contribution is -2.40. The van der Waals surface area contributed by atoms with Crippen molar-refractivity contribution in [3.8, 4) is 5.75 Å². The maximum atomic E-state index is 12.8. The molecule has 3 rings (SSSR count). The maximum absolute atomic E-state index is 12.8. The molecule has 6 nitrogen and oxygen atoms in total. The molecule has 2 heterocycles. The molecule has 0 saturated carbocycles. The number of benzene rings is 1. The third-order valence-electron chi connectivity index (χ3n) is 4.20. The molecule has 0 aliphatic carbocycles. The molecule has 0 spiro atoms. The van der Waals surface area contributed by atoms with E-state index in [-0.39, 0.29) is 30.0 Å². The number of amides is 1. The molecular formula is C18H18FNO5. The molecule has 7 heteroatoms. The zero-order chi connectivity index (χ0) is 17.8. The number of ether oxygens (including phenoxy) is 1. The van der Waals surface area contributed by atoms with Crippen molar-refractivity contribution in [1.82, 2.24) is 4.90 Å². The number of hydrogen-bond donors (Lipinski definition) is 1. The van der Waals surface area contributed by atoms with Crippen LogP contribution >= 0.6 is 0 Å². The molecule has 1 aromatic heterocycles. The minimum atomic E-state index is -0.815. The van der Waals surface area contributed by atoms with E-state index in [0.717, 1.165) is 0 Å². The van der Waals surface area contributed by atoms with Gasteiger partial charge in [0.15, 0.2) is 5.76 Å². The molecule has 1 N–H and O–H groups in total. The molecule has 1 saturated heterocycles. The number of piperidine rings is 1. The van der Waals surface area contributed by atoms with Crippen LogP contribution < -0.4 is 4.74 Å². The number of carboxylic acids is 1. The number of rotatable bonds is 5. The van der Waals surface area contributed by atoms with Crippen molar-refractivity contribution in [2.24, 2.45) is 5.92 Å². The third-order valence-corrected chi connectivity index (χ3v) is 4.20. The second-order valence-electron chi connectivity index (χ2n) is 5.91. The third kappa shape index (κ3) is 4.17. The topological polar surface area (TPSA) is 80.0 Å². The minimum Gasteiger partial charge on any atom is -0.486 e. The van der Waals surface area contributed by atoms with Gasteiger partial charge in [-0.2, -0.15) is 0 Å². The highest BCUT2D eigenvalue weighted by Gasteiger charge is 2.28. The van der Waals surface area contributed by atoms with Crippen LogP contribution in [0, 0.1) is 11.7 Å². The standard InChI is InChI=1S/C18H18FNO5/c19-13-1-3-14(4-2-13)24-11-15-5-6-16(25-15)17(21)20-9-7-12(8-10-20)18(22)23/h1-6,12H,7-11H2,(H,22,23). The number of hydrogen-bond acceptors (Lipinski definition) is 4. The lowest BCUT2D eigenvalue weighted by atomic mass is 9.97. The Morgan fingerprint density at radius 2 is 1.84 bits per heavy atom. The van der Waals surface area contributed by atoms with E-state index in [2.05, 4.69) is 0 Å². The number of nitrogens with zero attached hydrogens (tertiary/aromatic N) is 1. The summed E-state index contributed by atoms with van der Waals surface area (Å²) in [5, 5.41) is 9.00. The average molecular weight is 347 g/mol. The monoisotopic (exact) mass is 347 g/mol. The highest BCUT2D eigenvalue weighted by atomic mass is 19.1. The van der Waals surface area contributed by atoms with Gasteiger partial charge < -0.3 is 19.2 Å². The molecule has 0 unspecified atom stereocenters. The van der Waals surface area contributed by atoms with Crippen molar-refractivity contribution < 1.29 is 28.2 Å². The summed E-state index contributed by atoms with van der Waals surface area (Å²) in [6, 6.07) is 8.85. The van der Waals surface area contributed by atoms with Crippen LogP contribution in [0.15, 0.2) is 40.8 Å². The first-order valence-electron chi connectivity index (χ1n) is 8.02. The Balaban J connectivity index is 1.55. The summed E-state index contributed by atoms with van der Waals surface area (Å²) in [6.45, 7) is 0.926. The predicted octanol–water partition coefficient (Wildman–Crippen LogP) is 2.93. The fourth-order valence-corrected chi connectivity index (χ4v) is 2.74.